The fourth-order valence-corrected chi connectivity index (χ4v) is 1.85. The molecule has 0 aromatic heterocycles. The molecule has 0 bridgehead atoms. The number of amides is 1. The lowest BCUT2D eigenvalue weighted by Gasteiger charge is -2.19. The molecule has 0 aliphatic carbocycles. The molecule has 0 heterocycles. The number of halogens is 1. The van der Waals surface area contributed by atoms with Gasteiger partial charge in [-0.15, -0.1) is 0 Å². The van der Waals surface area contributed by atoms with Gasteiger partial charge < -0.3 is 11.1 Å². The van der Waals surface area contributed by atoms with E-state index in [0.717, 1.165) is 10.0 Å². The highest BCUT2D eigenvalue weighted by atomic mass is 79.9. The molecule has 0 radical (unpaired) electrons. The molecule has 1 amide bonds. The summed E-state index contributed by atoms with van der Waals surface area (Å²) in [5.74, 6) is -0.0783. The molecule has 0 spiro atoms. The minimum absolute atomic E-state index is 0.0706. The average molecular weight is 299 g/mol. The summed E-state index contributed by atoms with van der Waals surface area (Å²) in [6, 6.07) is 3.60. The molecule has 1 rings (SSSR count). The van der Waals surface area contributed by atoms with Crippen molar-refractivity contribution in [3.8, 4) is 0 Å². The summed E-state index contributed by atoms with van der Waals surface area (Å²) in [5.41, 5.74) is 7.97. The number of anilines is 1. The highest BCUT2D eigenvalue weighted by Crippen LogP contribution is 2.23. The molecule has 0 saturated heterocycles. The summed E-state index contributed by atoms with van der Waals surface area (Å²) >= 11 is 3.35. The number of carbonyl (C=O) groups is 1. The minimum atomic E-state index is -0.0783. The molecule has 0 aliphatic heterocycles. The van der Waals surface area contributed by atoms with Crippen molar-refractivity contribution in [2.75, 3.05) is 12.3 Å². The molecular weight excluding hydrogens is 280 g/mol. The van der Waals surface area contributed by atoms with Crippen LogP contribution in [-0.2, 0) is 0 Å². The molecule has 0 aliphatic rings. The van der Waals surface area contributed by atoms with Crippen molar-refractivity contribution in [3.63, 3.8) is 0 Å². The Hall–Kier alpha value is -1.03. The topological polar surface area (TPSA) is 55.1 Å². The fraction of sp³-hybridized carbons (Fsp3) is 0.462. The van der Waals surface area contributed by atoms with Gasteiger partial charge in [-0.1, -0.05) is 36.7 Å². The second-order valence-electron chi connectivity index (χ2n) is 5.41. The highest BCUT2D eigenvalue weighted by Gasteiger charge is 2.15. The Morgan fingerprint density at radius 3 is 2.53 bits per heavy atom. The molecule has 17 heavy (non-hydrogen) atoms. The molecule has 1 aromatic rings. The average Bonchev–Trinajstić information content (AvgIpc) is 2.19. The molecular formula is C13H19BrN2O. The van der Waals surface area contributed by atoms with Crippen molar-refractivity contribution < 1.29 is 4.79 Å². The quantitative estimate of drug-likeness (QED) is 0.824. The Kier molecular flexibility index (Phi) is 4.20. The van der Waals surface area contributed by atoms with E-state index in [4.69, 9.17) is 5.73 Å². The van der Waals surface area contributed by atoms with Crippen LogP contribution in [0.2, 0.25) is 0 Å². The number of nitrogens with two attached hydrogens (primary N) is 1. The first kappa shape index (κ1) is 14.0. The van der Waals surface area contributed by atoms with Crippen molar-refractivity contribution in [1.29, 1.82) is 0 Å². The number of benzene rings is 1. The van der Waals surface area contributed by atoms with Crippen LogP contribution >= 0.6 is 15.9 Å². The molecule has 1 aromatic carbocycles. The Morgan fingerprint density at radius 1 is 1.41 bits per heavy atom. The van der Waals surface area contributed by atoms with E-state index in [-0.39, 0.29) is 11.3 Å². The maximum atomic E-state index is 12.0. The van der Waals surface area contributed by atoms with Crippen LogP contribution in [0.5, 0.6) is 0 Å². The third kappa shape index (κ3) is 4.04. The summed E-state index contributed by atoms with van der Waals surface area (Å²) in [5, 5.41) is 2.92. The lowest BCUT2D eigenvalue weighted by atomic mass is 9.96. The van der Waals surface area contributed by atoms with Gasteiger partial charge in [0.05, 0.1) is 0 Å². The predicted octanol–water partition coefficient (Wildman–Crippen LogP) is 3.12. The molecule has 0 saturated carbocycles. The fourth-order valence-electron chi connectivity index (χ4n) is 1.38. The van der Waals surface area contributed by atoms with E-state index in [2.05, 4.69) is 42.0 Å². The Labute approximate surface area is 111 Å². The van der Waals surface area contributed by atoms with Gasteiger partial charge in [0.1, 0.15) is 0 Å². The van der Waals surface area contributed by atoms with Crippen LogP contribution in [-0.4, -0.2) is 12.5 Å². The van der Waals surface area contributed by atoms with E-state index >= 15 is 0 Å². The van der Waals surface area contributed by atoms with E-state index < -0.39 is 0 Å². The SMILES string of the molecule is Cc1c(N)cc(Br)cc1C(=O)NCC(C)(C)C. The molecule has 0 fully saturated rings. The Morgan fingerprint density at radius 2 is 2.00 bits per heavy atom. The third-order valence-electron chi connectivity index (χ3n) is 2.44. The van der Waals surface area contributed by atoms with Crippen LogP contribution in [0.25, 0.3) is 0 Å². The van der Waals surface area contributed by atoms with Gasteiger partial charge in [-0.2, -0.15) is 0 Å². The molecule has 0 atom stereocenters. The number of hydrogen-bond acceptors (Lipinski definition) is 2. The highest BCUT2D eigenvalue weighted by molar-refractivity contribution is 9.10. The van der Waals surface area contributed by atoms with E-state index in [9.17, 15) is 4.79 Å². The number of hydrogen-bond donors (Lipinski definition) is 2. The van der Waals surface area contributed by atoms with Gasteiger partial charge in [0, 0.05) is 22.3 Å². The zero-order valence-corrected chi connectivity index (χ0v) is 12.3. The number of nitrogens with one attached hydrogen (secondary N) is 1. The summed E-state index contributed by atoms with van der Waals surface area (Å²) < 4.78 is 0.821. The third-order valence-corrected chi connectivity index (χ3v) is 2.89. The van der Waals surface area contributed by atoms with Crippen molar-refractivity contribution in [3.05, 3.63) is 27.7 Å². The first-order valence-corrected chi connectivity index (χ1v) is 6.34. The van der Waals surface area contributed by atoms with Gasteiger partial charge in [-0.25, -0.2) is 0 Å². The van der Waals surface area contributed by atoms with Crippen molar-refractivity contribution in [2.24, 2.45) is 5.41 Å². The van der Waals surface area contributed by atoms with Gasteiger partial charge in [-0.3, -0.25) is 4.79 Å². The minimum Gasteiger partial charge on any atom is -0.398 e. The van der Waals surface area contributed by atoms with Crippen LogP contribution < -0.4 is 11.1 Å². The van der Waals surface area contributed by atoms with E-state index in [1.165, 1.54) is 0 Å². The summed E-state index contributed by atoms with van der Waals surface area (Å²) in [6.07, 6.45) is 0. The van der Waals surface area contributed by atoms with Crippen LogP contribution in [0.1, 0.15) is 36.7 Å². The van der Waals surface area contributed by atoms with Gasteiger partial charge in [0.25, 0.3) is 5.91 Å². The maximum Gasteiger partial charge on any atom is 0.251 e. The lowest BCUT2D eigenvalue weighted by Crippen LogP contribution is -2.32. The van der Waals surface area contributed by atoms with Crippen molar-refractivity contribution >= 4 is 27.5 Å². The summed E-state index contributed by atoms with van der Waals surface area (Å²) in [4.78, 5) is 12.0. The van der Waals surface area contributed by atoms with Crippen molar-refractivity contribution in [2.45, 2.75) is 27.7 Å². The molecule has 0 unspecified atom stereocenters. The smallest absolute Gasteiger partial charge is 0.251 e. The van der Waals surface area contributed by atoms with Gasteiger partial charge in [0.15, 0.2) is 0 Å². The molecule has 4 heteroatoms. The zero-order valence-electron chi connectivity index (χ0n) is 10.7. The van der Waals surface area contributed by atoms with Crippen LogP contribution in [0.15, 0.2) is 16.6 Å². The predicted molar refractivity (Wildman–Crippen MR) is 75.1 cm³/mol. The monoisotopic (exact) mass is 298 g/mol. The van der Waals surface area contributed by atoms with E-state index in [0.29, 0.717) is 17.8 Å². The van der Waals surface area contributed by atoms with Gasteiger partial charge in [0.2, 0.25) is 0 Å². The standard InChI is InChI=1S/C13H19BrN2O/c1-8-10(5-9(14)6-11(8)15)12(17)16-7-13(2,3)4/h5-6H,7,15H2,1-4H3,(H,16,17). The summed E-state index contributed by atoms with van der Waals surface area (Å²) in [7, 11) is 0. The van der Waals surface area contributed by atoms with Gasteiger partial charge in [-0.05, 0) is 30.0 Å². The number of nitrogen functional groups attached to an aromatic ring is 1. The lowest BCUT2D eigenvalue weighted by molar-refractivity contribution is 0.0938. The summed E-state index contributed by atoms with van der Waals surface area (Å²) in [6.45, 7) is 8.73. The Balaban J connectivity index is 2.90. The molecule has 3 N–H and O–H groups in total. The number of rotatable bonds is 2. The maximum absolute atomic E-state index is 12.0. The van der Waals surface area contributed by atoms with Crippen LogP contribution in [0, 0.1) is 12.3 Å². The first-order chi connectivity index (χ1) is 7.70. The molecule has 94 valence electrons. The largest absolute Gasteiger partial charge is 0.398 e. The van der Waals surface area contributed by atoms with Crippen LogP contribution in [0.4, 0.5) is 5.69 Å². The molecule has 3 nitrogen and oxygen atoms in total. The number of carbonyl (C=O) groups excluding carboxylic acids is 1. The second-order valence-corrected chi connectivity index (χ2v) is 6.33. The van der Waals surface area contributed by atoms with Crippen LogP contribution in [0.3, 0.4) is 0 Å². The second kappa shape index (κ2) is 5.08. The zero-order chi connectivity index (χ0) is 13.2. The first-order valence-electron chi connectivity index (χ1n) is 5.54. The Bertz CT molecular complexity index is 436. The normalized spacial score (nSPS) is 11.4. The van der Waals surface area contributed by atoms with E-state index in [1.54, 1.807) is 12.1 Å². The van der Waals surface area contributed by atoms with Crippen molar-refractivity contribution in [1.82, 2.24) is 5.32 Å². The van der Waals surface area contributed by atoms with E-state index in [1.807, 2.05) is 6.92 Å². The van der Waals surface area contributed by atoms with Gasteiger partial charge >= 0.3 is 0 Å².